The standard InChI is InChI=1S/C18H17BClF4N2.C13H12BrNO2.C3H5N/c1-9-7-19-15-11(9)6-14(12(8-25-2)18(22,23)24)26-17(15)10-4-3-5-13(21)16(10)20;1-8-11(14)7-10-5-9(3-4-16)6-12(17-2)13(10)15-8;1-2-3-4/h3-6,9,12,25H,7-8H2,1-2H3;3-7,16H,1-2H3;3H,1,4H2. The lowest BCUT2D eigenvalue weighted by atomic mass is 9.70. The Morgan fingerprint density at radius 1 is 1.28 bits per heavy atom. The van der Waals surface area contributed by atoms with Crippen LogP contribution in [0.15, 0.2) is 71.7 Å². The van der Waals surface area contributed by atoms with E-state index in [9.17, 15) is 17.6 Å². The first-order valence-electron chi connectivity index (χ1n) is 14.4. The smallest absolute Gasteiger partial charge is 0.398 e. The van der Waals surface area contributed by atoms with Crippen molar-refractivity contribution >= 4 is 57.3 Å². The number of ether oxygens (including phenoxy) is 1. The van der Waals surface area contributed by atoms with Gasteiger partial charge in [-0.1, -0.05) is 49.0 Å². The van der Waals surface area contributed by atoms with Crippen molar-refractivity contribution in [3.8, 4) is 17.0 Å². The first kappa shape index (κ1) is 37.6. The second-order valence-electron chi connectivity index (χ2n) is 10.5. The van der Waals surface area contributed by atoms with Crippen LogP contribution in [0, 0.1) is 12.7 Å². The van der Waals surface area contributed by atoms with E-state index >= 15 is 0 Å². The maximum absolute atomic E-state index is 13.9. The molecule has 0 bridgehead atoms. The number of pyridine rings is 2. The van der Waals surface area contributed by atoms with Crippen LogP contribution in [0.2, 0.25) is 11.3 Å². The van der Waals surface area contributed by atoms with Gasteiger partial charge < -0.3 is 20.9 Å². The zero-order chi connectivity index (χ0) is 34.9. The van der Waals surface area contributed by atoms with Crippen LogP contribution in [0.3, 0.4) is 0 Å². The summed E-state index contributed by atoms with van der Waals surface area (Å²) in [5.41, 5.74) is 11.7. The summed E-state index contributed by atoms with van der Waals surface area (Å²) < 4.78 is 60.8. The van der Waals surface area contributed by atoms with Gasteiger partial charge in [-0.05, 0) is 83.4 Å². The average molecular weight is 733 g/mol. The number of likely N-dealkylation sites (N-methyl/N-ethyl adjacent to an activating group) is 1. The number of methoxy groups -OCH3 is 1. The fourth-order valence-corrected chi connectivity index (χ4v) is 5.53. The van der Waals surface area contributed by atoms with Crippen molar-refractivity contribution in [2.75, 3.05) is 20.7 Å². The molecule has 5 rings (SSSR count). The van der Waals surface area contributed by atoms with Gasteiger partial charge in [0.1, 0.15) is 23.0 Å². The van der Waals surface area contributed by atoms with Gasteiger partial charge in [0.25, 0.3) is 0 Å². The lowest BCUT2D eigenvalue weighted by Gasteiger charge is -2.22. The number of hydrogen-bond acceptors (Lipinski definition) is 6. The van der Waals surface area contributed by atoms with E-state index in [-0.39, 0.29) is 23.2 Å². The number of aliphatic hydroxyl groups is 1. The Bertz CT molecular complexity index is 1800. The molecule has 0 amide bonds. The minimum absolute atomic E-state index is 0.0707. The number of nitrogens with two attached hydrogens (primary N) is 1. The van der Waals surface area contributed by atoms with Crippen LogP contribution in [0.1, 0.15) is 41.3 Å². The molecule has 0 aliphatic carbocycles. The van der Waals surface area contributed by atoms with Gasteiger partial charge in [-0.25, -0.2) is 9.37 Å². The summed E-state index contributed by atoms with van der Waals surface area (Å²) in [5, 5.41) is 12.2. The highest BCUT2D eigenvalue weighted by molar-refractivity contribution is 9.10. The van der Waals surface area contributed by atoms with E-state index < -0.39 is 17.9 Å². The average Bonchev–Trinajstić information content (AvgIpc) is 3.41. The maximum Gasteiger partial charge on any atom is 0.398 e. The topological polar surface area (TPSA) is 93.3 Å². The van der Waals surface area contributed by atoms with Gasteiger partial charge >= 0.3 is 6.18 Å². The molecule has 1 radical (unpaired) electrons. The van der Waals surface area contributed by atoms with Crippen LogP contribution in [0.25, 0.3) is 28.2 Å². The van der Waals surface area contributed by atoms with E-state index in [1.54, 1.807) is 19.3 Å². The van der Waals surface area contributed by atoms with Crippen molar-refractivity contribution in [1.29, 1.82) is 0 Å². The molecular weight excluding hydrogens is 699 g/mol. The number of benzene rings is 2. The summed E-state index contributed by atoms with van der Waals surface area (Å²) in [6, 6.07) is 11.6. The van der Waals surface area contributed by atoms with Crippen molar-refractivity contribution in [3.63, 3.8) is 0 Å². The Hall–Kier alpha value is -3.83. The molecule has 0 saturated carbocycles. The predicted molar refractivity (Wildman–Crippen MR) is 186 cm³/mol. The second-order valence-corrected chi connectivity index (χ2v) is 11.8. The highest BCUT2D eigenvalue weighted by atomic mass is 79.9. The number of nitrogens with one attached hydrogen (secondary N) is 1. The summed E-state index contributed by atoms with van der Waals surface area (Å²) in [6.45, 7) is 6.77. The summed E-state index contributed by atoms with van der Waals surface area (Å²) in [7, 11) is 5.00. The van der Waals surface area contributed by atoms with Crippen molar-refractivity contribution < 1.29 is 27.4 Å². The summed E-state index contributed by atoms with van der Waals surface area (Å²) in [6.07, 6.45) is 0.134. The molecule has 1 aliphatic rings. The molecule has 2 aromatic heterocycles. The number of aryl methyl sites for hydroxylation is 1. The number of halogens is 6. The molecule has 2 atom stereocenters. The van der Waals surface area contributed by atoms with Crippen LogP contribution in [-0.2, 0) is 0 Å². The van der Waals surface area contributed by atoms with Crippen molar-refractivity contribution in [3.05, 3.63) is 105 Å². The van der Waals surface area contributed by atoms with Crippen LogP contribution in [0.5, 0.6) is 5.75 Å². The number of aliphatic hydroxyl groups excluding tert-OH is 1. The fraction of sp³-hybridized carbons (Fsp3) is 0.265. The van der Waals surface area contributed by atoms with Crippen molar-refractivity contribution in [2.45, 2.75) is 38.2 Å². The van der Waals surface area contributed by atoms with E-state index in [2.05, 4.69) is 43.5 Å². The van der Waals surface area contributed by atoms with Crippen molar-refractivity contribution in [1.82, 2.24) is 15.3 Å². The van der Waals surface area contributed by atoms with Gasteiger partial charge in [0, 0.05) is 28.2 Å². The lowest BCUT2D eigenvalue weighted by Crippen LogP contribution is -2.32. The SMILES string of the molecule is C=C=CN.CNCC(c1cc2c(c(-c3cccc(F)c3Cl)n1)[B]CC2C)C(F)(F)F.COc1cc(C=CO)cc2cc(Br)c(C)nc12. The predicted octanol–water partition coefficient (Wildman–Crippen LogP) is 8.36. The van der Waals surface area contributed by atoms with Gasteiger partial charge in [-0.3, -0.25) is 4.98 Å². The molecule has 0 fully saturated rings. The summed E-state index contributed by atoms with van der Waals surface area (Å²) in [5.74, 6) is -1.61. The largest absolute Gasteiger partial charge is 0.516 e. The molecule has 1 aliphatic heterocycles. The van der Waals surface area contributed by atoms with Gasteiger partial charge in [-0.15, -0.1) is 5.73 Å². The van der Waals surface area contributed by atoms with Gasteiger partial charge in [0.15, 0.2) is 7.28 Å². The number of hydrogen-bond donors (Lipinski definition) is 3. The molecular formula is C34H34BBrClF4N4O2. The number of nitrogens with zero attached hydrogens (tertiary/aromatic N) is 2. The zero-order valence-corrected chi connectivity index (χ0v) is 28.6. The number of rotatable bonds is 6. The molecule has 247 valence electrons. The van der Waals surface area contributed by atoms with E-state index in [0.717, 1.165) is 43.9 Å². The Balaban J connectivity index is 0.000000245. The molecule has 4 N–H and O–H groups in total. The maximum atomic E-state index is 13.9. The number of alkyl halides is 3. The normalized spacial score (nSPS) is 14.2. The number of aromatic nitrogens is 2. The third kappa shape index (κ3) is 9.17. The molecule has 6 nitrogen and oxygen atoms in total. The van der Waals surface area contributed by atoms with Crippen LogP contribution < -0.4 is 21.3 Å². The Morgan fingerprint density at radius 2 is 1.98 bits per heavy atom. The lowest BCUT2D eigenvalue weighted by molar-refractivity contribution is -0.150. The van der Waals surface area contributed by atoms with E-state index in [4.69, 9.17) is 27.2 Å². The van der Waals surface area contributed by atoms with Crippen LogP contribution >= 0.6 is 27.5 Å². The molecule has 0 spiro atoms. The van der Waals surface area contributed by atoms with Crippen LogP contribution in [-0.4, -0.2) is 49.2 Å². The third-order valence-electron chi connectivity index (χ3n) is 7.32. The van der Waals surface area contributed by atoms with Gasteiger partial charge in [-0.2, -0.15) is 13.2 Å². The molecule has 13 heteroatoms. The van der Waals surface area contributed by atoms with Gasteiger partial charge in [0.05, 0.1) is 35.5 Å². The zero-order valence-electron chi connectivity index (χ0n) is 26.2. The molecule has 47 heavy (non-hydrogen) atoms. The van der Waals surface area contributed by atoms with Gasteiger partial charge in [0.2, 0.25) is 0 Å². The van der Waals surface area contributed by atoms with E-state index in [1.165, 1.54) is 31.4 Å². The highest BCUT2D eigenvalue weighted by Gasteiger charge is 2.42. The number of fused-ring (bicyclic) bond motifs is 2. The molecule has 2 aromatic carbocycles. The molecule has 0 saturated heterocycles. The Kier molecular flexibility index (Phi) is 13.5. The minimum Gasteiger partial charge on any atom is -0.516 e. The molecule has 4 aromatic rings. The summed E-state index contributed by atoms with van der Waals surface area (Å²) in [4.78, 5) is 8.78. The van der Waals surface area contributed by atoms with Crippen LogP contribution in [0.4, 0.5) is 17.6 Å². The Labute approximate surface area is 285 Å². The fourth-order valence-electron chi connectivity index (χ4n) is 4.98. The monoisotopic (exact) mass is 731 g/mol. The molecule has 2 unspecified atom stereocenters. The summed E-state index contributed by atoms with van der Waals surface area (Å²) >= 11 is 9.54. The second kappa shape index (κ2) is 16.8. The highest BCUT2D eigenvalue weighted by Crippen LogP contribution is 2.38. The quantitative estimate of drug-likeness (QED) is 0.0799. The first-order chi connectivity index (χ1) is 22.3. The Morgan fingerprint density at radius 3 is 2.57 bits per heavy atom. The van der Waals surface area contributed by atoms with E-state index in [0.29, 0.717) is 23.3 Å². The van der Waals surface area contributed by atoms with Crippen molar-refractivity contribution in [2.24, 2.45) is 5.73 Å². The van der Waals surface area contributed by atoms with E-state index in [1.807, 2.05) is 39.3 Å². The molecule has 3 heterocycles. The first-order valence-corrected chi connectivity index (χ1v) is 15.5. The third-order valence-corrected chi connectivity index (χ3v) is 8.51. The minimum atomic E-state index is -4.45.